The second-order valence-corrected chi connectivity index (χ2v) is 5.65. The van der Waals surface area contributed by atoms with E-state index in [0.717, 1.165) is 25.3 Å². The summed E-state index contributed by atoms with van der Waals surface area (Å²) in [6.45, 7) is 7.80. The molecule has 1 heterocycles. The van der Waals surface area contributed by atoms with Crippen LogP contribution in [-0.4, -0.2) is 15.0 Å². The zero-order chi connectivity index (χ0) is 13.2. The highest BCUT2D eigenvalue weighted by Crippen LogP contribution is 2.12. The summed E-state index contributed by atoms with van der Waals surface area (Å²) in [4.78, 5) is 0. The van der Waals surface area contributed by atoms with Crippen LogP contribution in [0.25, 0.3) is 0 Å². The van der Waals surface area contributed by atoms with Crippen LogP contribution in [0.1, 0.15) is 71.4 Å². The number of aromatic nitrogens is 3. The average Bonchev–Trinajstić information content (AvgIpc) is 2.76. The summed E-state index contributed by atoms with van der Waals surface area (Å²) < 4.78 is 2.05. The van der Waals surface area contributed by atoms with E-state index in [2.05, 4.69) is 35.8 Å². The van der Waals surface area contributed by atoms with Crippen LogP contribution < -0.4 is 0 Å². The Balaban J connectivity index is 2.05. The van der Waals surface area contributed by atoms with Crippen molar-refractivity contribution in [2.75, 3.05) is 0 Å². The van der Waals surface area contributed by atoms with E-state index in [-0.39, 0.29) is 0 Å². The van der Waals surface area contributed by atoms with Gasteiger partial charge in [0.2, 0.25) is 0 Å². The summed E-state index contributed by atoms with van der Waals surface area (Å²) in [5.41, 5.74) is 1.30. The first-order valence-electron chi connectivity index (χ1n) is 7.61. The average molecular weight is 251 g/mol. The monoisotopic (exact) mass is 251 g/mol. The summed E-state index contributed by atoms with van der Waals surface area (Å²) in [7, 11) is 0. The summed E-state index contributed by atoms with van der Waals surface area (Å²) in [6, 6.07) is 0. The van der Waals surface area contributed by atoms with Crippen molar-refractivity contribution in [1.29, 1.82) is 0 Å². The van der Waals surface area contributed by atoms with Gasteiger partial charge in [-0.2, -0.15) is 0 Å². The molecule has 0 fully saturated rings. The number of hydrogen-bond donors (Lipinski definition) is 0. The molecule has 0 aliphatic rings. The lowest BCUT2D eigenvalue weighted by molar-refractivity contribution is 0.509. The third kappa shape index (κ3) is 6.18. The summed E-state index contributed by atoms with van der Waals surface area (Å²) >= 11 is 0. The zero-order valence-electron chi connectivity index (χ0n) is 12.4. The van der Waals surface area contributed by atoms with E-state index >= 15 is 0 Å². The zero-order valence-corrected chi connectivity index (χ0v) is 12.4. The normalized spacial score (nSPS) is 11.3. The molecule has 1 aromatic heterocycles. The van der Waals surface area contributed by atoms with Crippen molar-refractivity contribution in [3.8, 4) is 0 Å². The summed E-state index contributed by atoms with van der Waals surface area (Å²) in [5.74, 6) is 0.861. The quantitative estimate of drug-likeness (QED) is 0.583. The molecule has 0 atom stereocenters. The van der Waals surface area contributed by atoms with E-state index in [1.54, 1.807) is 0 Å². The lowest BCUT2D eigenvalue weighted by Crippen LogP contribution is -2.04. The molecule has 1 aromatic rings. The minimum absolute atomic E-state index is 0.861. The molecule has 0 saturated carbocycles. The van der Waals surface area contributed by atoms with Crippen molar-refractivity contribution >= 4 is 0 Å². The predicted octanol–water partition coefficient (Wildman–Crippen LogP) is 4.23. The van der Waals surface area contributed by atoms with Gasteiger partial charge in [0.15, 0.2) is 0 Å². The highest BCUT2D eigenvalue weighted by atomic mass is 15.4. The molecule has 0 aromatic carbocycles. The second-order valence-electron chi connectivity index (χ2n) is 5.65. The van der Waals surface area contributed by atoms with Gasteiger partial charge < -0.3 is 0 Å². The van der Waals surface area contributed by atoms with Gasteiger partial charge in [-0.25, -0.2) is 4.68 Å². The largest absolute Gasteiger partial charge is 0.249 e. The first kappa shape index (κ1) is 15.2. The molecule has 18 heavy (non-hydrogen) atoms. The highest BCUT2D eigenvalue weighted by Gasteiger charge is 2.02. The first-order chi connectivity index (χ1) is 8.74. The van der Waals surface area contributed by atoms with Gasteiger partial charge in [-0.05, 0) is 25.2 Å². The van der Waals surface area contributed by atoms with Crippen LogP contribution in [-0.2, 0) is 13.0 Å². The minimum atomic E-state index is 0.861. The van der Waals surface area contributed by atoms with Crippen molar-refractivity contribution in [2.24, 2.45) is 5.92 Å². The summed E-state index contributed by atoms with van der Waals surface area (Å²) in [6.07, 6.45) is 12.4. The number of rotatable bonds is 10. The van der Waals surface area contributed by atoms with Crippen LogP contribution >= 0.6 is 0 Å². The van der Waals surface area contributed by atoms with Crippen LogP contribution in [0.2, 0.25) is 0 Å². The Labute approximate surface area is 112 Å². The van der Waals surface area contributed by atoms with Gasteiger partial charge in [-0.3, -0.25) is 0 Å². The Kier molecular flexibility index (Phi) is 7.70. The van der Waals surface area contributed by atoms with E-state index in [1.807, 2.05) is 6.20 Å². The number of aryl methyl sites for hydroxylation is 2. The van der Waals surface area contributed by atoms with Crippen molar-refractivity contribution in [3.05, 3.63) is 11.9 Å². The Hall–Kier alpha value is -0.860. The molecular formula is C15H29N3. The van der Waals surface area contributed by atoms with Gasteiger partial charge in [-0.1, -0.05) is 58.1 Å². The van der Waals surface area contributed by atoms with Gasteiger partial charge in [0, 0.05) is 6.54 Å². The molecule has 0 saturated heterocycles. The second kappa shape index (κ2) is 9.12. The van der Waals surface area contributed by atoms with E-state index in [9.17, 15) is 0 Å². The van der Waals surface area contributed by atoms with E-state index in [1.165, 1.54) is 44.2 Å². The predicted molar refractivity (Wildman–Crippen MR) is 76.6 cm³/mol. The van der Waals surface area contributed by atoms with Crippen LogP contribution in [0.5, 0.6) is 0 Å². The Morgan fingerprint density at radius 1 is 1.11 bits per heavy atom. The molecule has 0 unspecified atom stereocenters. The van der Waals surface area contributed by atoms with E-state index in [4.69, 9.17) is 0 Å². The Bertz CT molecular complexity index is 304. The lowest BCUT2D eigenvalue weighted by atomic mass is 10.0. The Morgan fingerprint density at radius 2 is 1.83 bits per heavy atom. The number of unbranched alkanes of at least 4 members (excludes halogenated alkanes) is 4. The number of nitrogens with zero attached hydrogens (tertiary/aromatic N) is 3. The summed E-state index contributed by atoms with van der Waals surface area (Å²) in [5, 5.41) is 8.12. The lowest BCUT2D eigenvalue weighted by Gasteiger charge is -2.05. The van der Waals surface area contributed by atoms with Crippen LogP contribution in [0.3, 0.4) is 0 Å². The molecule has 0 N–H and O–H groups in total. The third-order valence-electron chi connectivity index (χ3n) is 3.35. The molecule has 3 nitrogen and oxygen atoms in total. The molecule has 0 radical (unpaired) electrons. The molecule has 104 valence electrons. The molecule has 0 spiro atoms. The minimum Gasteiger partial charge on any atom is -0.249 e. The maximum atomic E-state index is 4.12. The van der Waals surface area contributed by atoms with Crippen LogP contribution in [0, 0.1) is 5.92 Å². The molecule has 1 rings (SSSR count). The van der Waals surface area contributed by atoms with Crippen LogP contribution in [0.15, 0.2) is 6.20 Å². The van der Waals surface area contributed by atoms with Gasteiger partial charge in [0.1, 0.15) is 0 Å². The van der Waals surface area contributed by atoms with Crippen molar-refractivity contribution in [2.45, 2.75) is 78.7 Å². The van der Waals surface area contributed by atoms with E-state index < -0.39 is 0 Å². The van der Waals surface area contributed by atoms with Gasteiger partial charge in [-0.15, -0.1) is 5.10 Å². The highest BCUT2D eigenvalue weighted by molar-refractivity contribution is 4.93. The standard InChI is InChI=1S/C15H29N3/c1-4-12-18-15(13-16-17-18)11-9-7-5-6-8-10-14(2)3/h13-14H,4-12H2,1-3H3. The molecule has 0 amide bonds. The molecule has 0 bridgehead atoms. The molecule has 0 aliphatic carbocycles. The van der Waals surface area contributed by atoms with Gasteiger partial charge >= 0.3 is 0 Å². The maximum Gasteiger partial charge on any atom is 0.0725 e. The van der Waals surface area contributed by atoms with Gasteiger partial charge in [0.05, 0.1) is 11.9 Å². The number of hydrogen-bond acceptors (Lipinski definition) is 2. The van der Waals surface area contributed by atoms with Crippen molar-refractivity contribution in [1.82, 2.24) is 15.0 Å². The fourth-order valence-electron chi connectivity index (χ4n) is 2.26. The topological polar surface area (TPSA) is 30.7 Å². The first-order valence-corrected chi connectivity index (χ1v) is 7.61. The molecular weight excluding hydrogens is 222 g/mol. The van der Waals surface area contributed by atoms with E-state index in [0.29, 0.717) is 0 Å². The smallest absolute Gasteiger partial charge is 0.0725 e. The fourth-order valence-corrected chi connectivity index (χ4v) is 2.26. The maximum absolute atomic E-state index is 4.12. The SMILES string of the molecule is CCCn1nncc1CCCCCCCC(C)C. The third-order valence-corrected chi connectivity index (χ3v) is 3.35. The van der Waals surface area contributed by atoms with Gasteiger partial charge in [0.25, 0.3) is 0 Å². The molecule has 0 aliphatic heterocycles. The van der Waals surface area contributed by atoms with Crippen molar-refractivity contribution < 1.29 is 0 Å². The fraction of sp³-hybridized carbons (Fsp3) is 0.867. The molecule has 3 heteroatoms. The van der Waals surface area contributed by atoms with Crippen LogP contribution in [0.4, 0.5) is 0 Å². The Morgan fingerprint density at radius 3 is 2.56 bits per heavy atom. The van der Waals surface area contributed by atoms with Crippen molar-refractivity contribution in [3.63, 3.8) is 0 Å².